The molecule has 2 heterocycles. The summed E-state index contributed by atoms with van der Waals surface area (Å²) in [7, 11) is 0. The van der Waals surface area contributed by atoms with Crippen LogP contribution in [0.25, 0.3) is 10.9 Å². The lowest BCUT2D eigenvalue weighted by Crippen LogP contribution is -2.21. The van der Waals surface area contributed by atoms with E-state index in [9.17, 15) is 4.79 Å². The Morgan fingerprint density at radius 2 is 1.96 bits per heavy atom. The highest BCUT2D eigenvalue weighted by Crippen LogP contribution is 2.10. The van der Waals surface area contributed by atoms with Crippen LogP contribution in [-0.2, 0) is 13.0 Å². The molecular formula is C19H16N4O2. The summed E-state index contributed by atoms with van der Waals surface area (Å²) in [6.07, 6.45) is 2.09. The molecule has 0 atom stereocenters. The average molecular weight is 332 g/mol. The second kappa shape index (κ2) is 6.32. The van der Waals surface area contributed by atoms with Crippen molar-refractivity contribution in [3.05, 3.63) is 88.1 Å². The van der Waals surface area contributed by atoms with Crippen molar-refractivity contribution >= 4 is 10.9 Å². The van der Waals surface area contributed by atoms with Crippen LogP contribution in [0, 0.1) is 6.92 Å². The van der Waals surface area contributed by atoms with E-state index < -0.39 is 0 Å². The lowest BCUT2D eigenvalue weighted by molar-refractivity contribution is 0.378. The Balaban J connectivity index is 1.59. The third-order valence-electron chi connectivity index (χ3n) is 4.00. The molecule has 0 saturated heterocycles. The maximum atomic E-state index is 12.6. The van der Waals surface area contributed by atoms with E-state index in [-0.39, 0.29) is 12.1 Å². The predicted octanol–water partition coefficient (Wildman–Crippen LogP) is 2.73. The number of fused-ring (bicyclic) bond motifs is 1. The lowest BCUT2D eigenvalue weighted by Gasteiger charge is -2.04. The van der Waals surface area contributed by atoms with Gasteiger partial charge >= 0.3 is 0 Å². The van der Waals surface area contributed by atoms with Crippen LogP contribution < -0.4 is 5.56 Å². The predicted molar refractivity (Wildman–Crippen MR) is 93.4 cm³/mol. The van der Waals surface area contributed by atoms with Crippen molar-refractivity contribution in [2.24, 2.45) is 0 Å². The molecule has 0 aliphatic heterocycles. The van der Waals surface area contributed by atoms with Gasteiger partial charge in [0.15, 0.2) is 5.82 Å². The average Bonchev–Trinajstić information content (AvgIpc) is 3.06. The molecular weight excluding hydrogens is 316 g/mol. The molecule has 0 unspecified atom stereocenters. The first-order valence-electron chi connectivity index (χ1n) is 8.00. The van der Waals surface area contributed by atoms with E-state index in [1.807, 2.05) is 55.5 Å². The fourth-order valence-electron chi connectivity index (χ4n) is 2.73. The zero-order chi connectivity index (χ0) is 17.2. The van der Waals surface area contributed by atoms with Crippen LogP contribution >= 0.6 is 0 Å². The molecule has 4 rings (SSSR count). The van der Waals surface area contributed by atoms with Gasteiger partial charge in [-0.1, -0.05) is 47.1 Å². The molecule has 6 heteroatoms. The minimum absolute atomic E-state index is 0.108. The summed E-state index contributed by atoms with van der Waals surface area (Å²) >= 11 is 0. The normalized spacial score (nSPS) is 11.1. The van der Waals surface area contributed by atoms with Gasteiger partial charge in [-0.2, -0.15) is 4.98 Å². The number of nitrogens with zero attached hydrogens (tertiary/aromatic N) is 4. The maximum absolute atomic E-state index is 12.6. The molecule has 4 aromatic rings. The molecule has 2 aromatic heterocycles. The van der Waals surface area contributed by atoms with Crippen LogP contribution in [0.15, 0.2) is 64.2 Å². The largest absolute Gasteiger partial charge is 0.339 e. The molecule has 0 N–H and O–H groups in total. The molecule has 0 bridgehead atoms. The van der Waals surface area contributed by atoms with E-state index in [2.05, 4.69) is 15.1 Å². The van der Waals surface area contributed by atoms with Gasteiger partial charge in [0, 0.05) is 0 Å². The van der Waals surface area contributed by atoms with Crippen LogP contribution in [0.2, 0.25) is 0 Å². The van der Waals surface area contributed by atoms with Gasteiger partial charge in [-0.25, -0.2) is 4.98 Å². The lowest BCUT2D eigenvalue weighted by atomic mass is 10.1. The van der Waals surface area contributed by atoms with Crippen LogP contribution in [0.1, 0.15) is 22.8 Å². The Kier molecular flexibility index (Phi) is 3.85. The summed E-state index contributed by atoms with van der Waals surface area (Å²) in [6, 6.07) is 15.5. The summed E-state index contributed by atoms with van der Waals surface area (Å²) in [5.41, 5.74) is 2.69. The molecule has 25 heavy (non-hydrogen) atoms. The molecule has 6 nitrogen and oxygen atoms in total. The van der Waals surface area contributed by atoms with Crippen molar-refractivity contribution in [2.45, 2.75) is 19.9 Å². The number of hydrogen-bond acceptors (Lipinski definition) is 5. The minimum atomic E-state index is -0.108. The third-order valence-corrected chi connectivity index (χ3v) is 4.00. The molecule has 0 spiro atoms. The molecule has 2 aromatic carbocycles. The van der Waals surface area contributed by atoms with Crippen molar-refractivity contribution < 1.29 is 4.52 Å². The van der Waals surface area contributed by atoms with Gasteiger partial charge in [-0.15, -0.1) is 0 Å². The first-order chi connectivity index (χ1) is 12.2. The van der Waals surface area contributed by atoms with Crippen LogP contribution in [0.3, 0.4) is 0 Å². The molecule has 0 saturated carbocycles. The van der Waals surface area contributed by atoms with Gasteiger partial charge in [0.05, 0.1) is 30.2 Å². The number of hydrogen-bond donors (Lipinski definition) is 0. The second-order valence-electron chi connectivity index (χ2n) is 5.96. The number of benzene rings is 2. The van der Waals surface area contributed by atoms with Crippen molar-refractivity contribution in [3.8, 4) is 0 Å². The van der Waals surface area contributed by atoms with Gasteiger partial charge < -0.3 is 4.52 Å². The number of rotatable bonds is 4. The fraction of sp³-hybridized carbons (Fsp3) is 0.158. The highest BCUT2D eigenvalue weighted by Gasteiger charge is 2.10. The standard InChI is InChI=1S/C19H16N4O2/c1-13-7-8-16-15(9-13)19(24)23(12-20-16)11-17-21-18(25-22-17)10-14-5-3-2-4-6-14/h2-9,12H,10-11H2,1H3. The molecule has 0 amide bonds. The topological polar surface area (TPSA) is 73.8 Å². The van der Waals surface area contributed by atoms with Gasteiger partial charge in [0.1, 0.15) is 0 Å². The van der Waals surface area contributed by atoms with E-state index in [1.54, 1.807) is 0 Å². The molecule has 124 valence electrons. The van der Waals surface area contributed by atoms with Crippen LogP contribution in [0.5, 0.6) is 0 Å². The van der Waals surface area contributed by atoms with E-state index >= 15 is 0 Å². The van der Waals surface area contributed by atoms with Crippen molar-refractivity contribution in [2.75, 3.05) is 0 Å². The smallest absolute Gasteiger partial charge is 0.261 e. The maximum Gasteiger partial charge on any atom is 0.261 e. The van der Waals surface area contributed by atoms with Gasteiger partial charge in [0.2, 0.25) is 5.89 Å². The van der Waals surface area contributed by atoms with Crippen LogP contribution in [-0.4, -0.2) is 19.7 Å². The molecule has 0 aliphatic carbocycles. The van der Waals surface area contributed by atoms with Crippen LogP contribution in [0.4, 0.5) is 0 Å². The van der Waals surface area contributed by atoms with E-state index in [4.69, 9.17) is 4.52 Å². The number of aromatic nitrogens is 4. The summed E-state index contributed by atoms with van der Waals surface area (Å²) < 4.78 is 6.79. The minimum Gasteiger partial charge on any atom is -0.339 e. The monoisotopic (exact) mass is 332 g/mol. The molecule has 0 aliphatic rings. The fourth-order valence-corrected chi connectivity index (χ4v) is 2.73. The highest BCUT2D eigenvalue weighted by molar-refractivity contribution is 5.77. The molecule has 0 fully saturated rings. The van der Waals surface area contributed by atoms with E-state index in [0.717, 1.165) is 11.1 Å². The van der Waals surface area contributed by atoms with Gasteiger partial charge in [-0.05, 0) is 24.6 Å². The summed E-state index contributed by atoms with van der Waals surface area (Å²) in [6.45, 7) is 2.18. The Labute approximate surface area is 143 Å². The van der Waals surface area contributed by atoms with Gasteiger partial charge in [0.25, 0.3) is 5.56 Å². The summed E-state index contributed by atoms with van der Waals surface area (Å²) in [5.74, 6) is 0.987. The number of aryl methyl sites for hydroxylation is 1. The quantitative estimate of drug-likeness (QED) is 0.574. The SMILES string of the molecule is Cc1ccc2ncn(Cc3noc(Cc4ccccc4)n3)c(=O)c2c1. The summed E-state index contributed by atoms with van der Waals surface area (Å²) in [5, 5.41) is 4.57. The second-order valence-corrected chi connectivity index (χ2v) is 5.96. The molecule has 0 radical (unpaired) electrons. The Bertz CT molecular complexity index is 1080. The first kappa shape index (κ1) is 15.3. The van der Waals surface area contributed by atoms with Crippen molar-refractivity contribution in [3.63, 3.8) is 0 Å². The third kappa shape index (κ3) is 3.19. The van der Waals surface area contributed by atoms with E-state index in [0.29, 0.717) is 29.0 Å². The van der Waals surface area contributed by atoms with E-state index in [1.165, 1.54) is 10.9 Å². The Morgan fingerprint density at radius 1 is 1.12 bits per heavy atom. The zero-order valence-electron chi connectivity index (χ0n) is 13.7. The van der Waals surface area contributed by atoms with Crippen molar-refractivity contribution in [1.82, 2.24) is 19.7 Å². The first-order valence-corrected chi connectivity index (χ1v) is 8.00. The summed E-state index contributed by atoms with van der Waals surface area (Å²) in [4.78, 5) is 21.3. The Hall–Kier alpha value is -3.28. The Morgan fingerprint density at radius 3 is 2.80 bits per heavy atom. The van der Waals surface area contributed by atoms with Crippen molar-refractivity contribution in [1.29, 1.82) is 0 Å². The zero-order valence-corrected chi connectivity index (χ0v) is 13.7. The van der Waals surface area contributed by atoms with Gasteiger partial charge in [-0.3, -0.25) is 9.36 Å². The highest BCUT2D eigenvalue weighted by atomic mass is 16.5.